The number of hydrogen-bond acceptors (Lipinski definition) is 4. The highest BCUT2D eigenvalue weighted by Gasteiger charge is 2.19. The first-order chi connectivity index (χ1) is 11.3. The van der Waals surface area contributed by atoms with E-state index >= 15 is 0 Å². The van der Waals surface area contributed by atoms with Crippen molar-refractivity contribution in [3.63, 3.8) is 0 Å². The first-order valence-electron chi connectivity index (χ1n) is 8.10. The number of carbonyl (C=O) groups excluding carboxylic acids is 1. The SMILES string of the molecule is Cc1ccc(C(=O)[C@@H](C)CN2CCCCC2)cc1.O=C(O)C(=O)O. The Hall–Kier alpha value is -2.21. The molecule has 0 aromatic heterocycles. The molecule has 0 unspecified atom stereocenters. The maximum atomic E-state index is 12.3. The minimum absolute atomic E-state index is 0.103. The van der Waals surface area contributed by atoms with E-state index in [0.717, 1.165) is 25.2 Å². The van der Waals surface area contributed by atoms with Crippen LogP contribution in [0.4, 0.5) is 0 Å². The fourth-order valence-electron chi connectivity index (χ4n) is 2.61. The molecule has 0 radical (unpaired) electrons. The van der Waals surface area contributed by atoms with Crippen LogP contribution in [0.2, 0.25) is 0 Å². The van der Waals surface area contributed by atoms with Crippen LogP contribution in [0.1, 0.15) is 42.1 Å². The van der Waals surface area contributed by atoms with Crippen molar-refractivity contribution in [3.05, 3.63) is 35.4 Å². The average Bonchev–Trinajstić information content (AvgIpc) is 2.56. The predicted octanol–water partition coefficient (Wildman–Crippen LogP) is 2.46. The zero-order valence-electron chi connectivity index (χ0n) is 14.2. The number of carboxylic acids is 2. The number of carbonyl (C=O) groups is 3. The van der Waals surface area contributed by atoms with Gasteiger partial charge in [-0.15, -0.1) is 0 Å². The lowest BCUT2D eigenvalue weighted by atomic mass is 9.97. The summed E-state index contributed by atoms with van der Waals surface area (Å²) in [4.78, 5) is 32.9. The van der Waals surface area contributed by atoms with Crippen molar-refractivity contribution in [1.29, 1.82) is 0 Å². The van der Waals surface area contributed by atoms with E-state index in [2.05, 4.69) is 11.8 Å². The van der Waals surface area contributed by atoms with Crippen LogP contribution in [0.15, 0.2) is 24.3 Å². The smallest absolute Gasteiger partial charge is 0.414 e. The summed E-state index contributed by atoms with van der Waals surface area (Å²) in [6.07, 6.45) is 3.91. The molecule has 1 aromatic carbocycles. The molecule has 132 valence electrons. The fourth-order valence-corrected chi connectivity index (χ4v) is 2.61. The molecule has 1 saturated heterocycles. The van der Waals surface area contributed by atoms with E-state index in [1.165, 1.54) is 24.8 Å². The largest absolute Gasteiger partial charge is 0.473 e. The summed E-state index contributed by atoms with van der Waals surface area (Å²) in [5.41, 5.74) is 2.06. The third-order valence-corrected chi connectivity index (χ3v) is 3.95. The van der Waals surface area contributed by atoms with Gasteiger partial charge in [-0.3, -0.25) is 4.79 Å². The van der Waals surface area contributed by atoms with Crippen LogP contribution in [-0.2, 0) is 9.59 Å². The summed E-state index contributed by atoms with van der Waals surface area (Å²) in [6.45, 7) is 7.33. The third kappa shape index (κ3) is 6.91. The van der Waals surface area contributed by atoms with Crippen molar-refractivity contribution < 1.29 is 24.6 Å². The van der Waals surface area contributed by atoms with Crippen LogP contribution in [0, 0.1) is 12.8 Å². The molecule has 0 spiro atoms. The van der Waals surface area contributed by atoms with Gasteiger partial charge in [0.25, 0.3) is 0 Å². The molecule has 0 bridgehead atoms. The number of aryl methyl sites for hydroxylation is 1. The van der Waals surface area contributed by atoms with Crippen molar-refractivity contribution in [1.82, 2.24) is 4.90 Å². The number of ketones is 1. The number of nitrogens with zero attached hydrogens (tertiary/aromatic N) is 1. The first-order valence-corrected chi connectivity index (χ1v) is 8.10. The molecule has 1 aromatic rings. The van der Waals surface area contributed by atoms with Crippen LogP contribution < -0.4 is 0 Å². The van der Waals surface area contributed by atoms with Crippen LogP contribution in [0.5, 0.6) is 0 Å². The Morgan fingerprint density at radius 2 is 1.50 bits per heavy atom. The third-order valence-electron chi connectivity index (χ3n) is 3.95. The lowest BCUT2D eigenvalue weighted by Crippen LogP contribution is -2.35. The first kappa shape index (κ1) is 19.8. The van der Waals surface area contributed by atoms with E-state index in [1.54, 1.807) is 0 Å². The quantitative estimate of drug-likeness (QED) is 0.648. The summed E-state index contributed by atoms with van der Waals surface area (Å²) < 4.78 is 0. The molecule has 1 aliphatic heterocycles. The summed E-state index contributed by atoms with van der Waals surface area (Å²) >= 11 is 0. The number of rotatable bonds is 4. The second-order valence-corrected chi connectivity index (χ2v) is 6.10. The number of carboxylic acid groups (broad SMARTS) is 2. The molecule has 2 rings (SSSR count). The monoisotopic (exact) mass is 335 g/mol. The highest BCUT2D eigenvalue weighted by molar-refractivity contribution is 6.27. The summed E-state index contributed by atoms with van der Waals surface area (Å²) in [6, 6.07) is 7.93. The molecule has 6 heteroatoms. The van der Waals surface area contributed by atoms with Crippen molar-refractivity contribution in [2.45, 2.75) is 33.1 Å². The van der Waals surface area contributed by atoms with Crippen molar-refractivity contribution >= 4 is 17.7 Å². The topological polar surface area (TPSA) is 94.9 Å². The number of aliphatic carboxylic acids is 2. The number of likely N-dealkylation sites (tertiary alicyclic amines) is 1. The fraction of sp³-hybridized carbons (Fsp3) is 0.500. The molecule has 2 N–H and O–H groups in total. The minimum atomic E-state index is -1.82. The van der Waals surface area contributed by atoms with Gasteiger partial charge in [-0.2, -0.15) is 0 Å². The molecule has 1 heterocycles. The molecule has 1 fully saturated rings. The standard InChI is InChI=1S/C16H23NO.C2H2O4/c1-13-6-8-15(9-7-13)16(18)14(2)12-17-10-4-3-5-11-17;3-1(4)2(5)6/h6-9,14H,3-5,10-12H2,1-2H3;(H,3,4)(H,5,6)/t14-;/m0./s1. The van der Waals surface area contributed by atoms with Crippen molar-refractivity contribution in [2.24, 2.45) is 5.92 Å². The second-order valence-electron chi connectivity index (χ2n) is 6.10. The molecule has 0 amide bonds. The van der Waals surface area contributed by atoms with Gasteiger partial charge in [0, 0.05) is 18.0 Å². The normalized spacial score (nSPS) is 15.8. The highest BCUT2D eigenvalue weighted by atomic mass is 16.4. The van der Waals surface area contributed by atoms with Gasteiger partial charge in [-0.05, 0) is 32.9 Å². The van der Waals surface area contributed by atoms with Gasteiger partial charge in [-0.25, -0.2) is 9.59 Å². The number of hydrogen-bond donors (Lipinski definition) is 2. The van der Waals surface area contributed by atoms with Gasteiger partial charge in [0.1, 0.15) is 0 Å². The Kier molecular flexibility index (Phi) is 8.12. The molecule has 1 atom stereocenters. The Morgan fingerprint density at radius 3 is 1.96 bits per heavy atom. The zero-order valence-corrected chi connectivity index (χ0v) is 14.2. The van der Waals surface area contributed by atoms with E-state index in [0.29, 0.717) is 0 Å². The molecule has 6 nitrogen and oxygen atoms in total. The van der Waals surface area contributed by atoms with E-state index in [1.807, 2.05) is 31.2 Å². The Bertz CT molecular complexity index is 549. The lowest BCUT2D eigenvalue weighted by molar-refractivity contribution is -0.159. The Morgan fingerprint density at radius 1 is 1.00 bits per heavy atom. The molecule has 0 aliphatic carbocycles. The maximum Gasteiger partial charge on any atom is 0.414 e. The van der Waals surface area contributed by atoms with Crippen molar-refractivity contribution in [3.8, 4) is 0 Å². The molecule has 0 saturated carbocycles. The van der Waals surface area contributed by atoms with Crippen LogP contribution in [-0.4, -0.2) is 52.5 Å². The van der Waals surface area contributed by atoms with E-state index in [4.69, 9.17) is 19.8 Å². The number of benzene rings is 1. The van der Waals surface area contributed by atoms with Gasteiger partial charge in [0.2, 0.25) is 0 Å². The number of piperidine rings is 1. The van der Waals surface area contributed by atoms with E-state index in [-0.39, 0.29) is 11.7 Å². The van der Waals surface area contributed by atoms with Crippen LogP contribution in [0.3, 0.4) is 0 Å². The summed E-state index contributed by atoms with van der Waals surface area (Å²) in [5.74, 6) is -3.27. The maximum absolute atomic E-state index is 12.3. The van der Waals surface area contributed by atoms with Crippen molar-refractivity contribution in [2.75, 3.05) is 19.6 Å². The molecule has 24 heavy (non-hydrogen) atoms. The van der Waals surface area contributed by atoms with E-state index in [9.17, 15) is 4.79 Å². The Balaban J connectivity index is 0.000000413. The average molecular weight is 335 g/mol. The molecule has 1 aliphatic rings. The lowest BCUT2D eigenvalue weighted by Gasteiger charge is -2.28. The second kappa shape index (κ2) is 9.82. The highest BCUT2D eigenvalue weighted by Crippen LogP contribution is 2.15. The molecular weight excluding hydrogens is 310 g/mol. The number of Topliss-reactive ketones (excluding diaryl/α,β-unsaturated/α-hetero) is 1. The predicted molar refractivity (Wildman–Crippen MR) is 90.2 cm³/mol. The van der Waals surface area contributed by atoms with Gasteiger partial charge in [-0.1, -0.05) is 43.2 Å². The van der Waals surface area contributed by atoms with Gasteiger partial charge in [0.05, 0.1) is 0 Å². The van der Waals surface area contributed by atoms with E-state index < -0.39 is 11.9 Å². The van der Waals surface area contributed by atoms with Gasteiger partial charge >= 0.3 is 11.9 Å². The minimum Gasteiger partial charge on any atom is -0.473 e. The van der Waals surface area contributed by atoms with Gasteiger partial charge < -0.3 is 15.1 Å². The summed E-state index contributed by atoms with van der Waals surface area (Å²) in [7, 11) is 0. The van der Waals surface area contributed by atoms with Crippen LogP contribution in [0.25, 0.3) is 0 Å². The molecular formula is C18H25NO5. The van der Waals surface area contributed by atoms with Crippen LogP contribution >= 0.6 is 0 Å². The van der Waals surface area contributed by atoms with Gasteiger partial charge in [0.15, 0.2) is 5.78 Å². The zero-order chi connectivity index (χ0) is 18.1. The summed E-state index contributed by atoms with van der Waals surface area (Å²) in [5, 5.41) is 14.8. The Labute approximate surface area is 142 Å².